The zero-order valence-corrected chi connectivity index (χ0v) is 29.1. The minimum Gasteiger partial charge on any atom is -0.479 e. The summed E-state index contributed by atoms with van der Waals surface area (Å²) in [5.41, 5.74) is 4.58. The molecule has 0 bridgehead atoms. The number of ether oxygens (including phenoxy) is 1. The second-order valence-corrected chi connectivity index (χ2v) is 14.7. The Kier molecular flexibility index (Phi) is 8.99. The van der Waals surface area contributed by atoms with E-state index < -0.39 is 29.9 Å². The quantitative estimate of drug-likeness (QED) is 0.182. The number of hydrogen-bond acceptors (Lipinski definition) is 7. The average molecular weight is 700 g/mol. The molecule has 6 rings (SSSR count). The molecule has 0 spiro atoms. The molecular weight excluding hydrogens is 663 g/mol. The number of hydrogen-bond donors (Lipinski definition) is 1. The number of thiazole rings is 1. The van der Waals surface area contributed by atoms with Crippen molar-refractivity contribution in [2.75, 3.05) is 31.1 Å². The molecule has 48 heavy (non-hydrogen) atoms. The second kappa shape index (κ2) is 12.6. The van der Waals surface area contributed by atoms with Crippen molar-refractivity contribution in [1.29, 1.82) is 0 Å². The van der Waals surface area contributed by atoms with Crippen LogP contribution in [0.5, 0.6) is 0 Å². The number of benzene rings is 3. The maximum Gasteiger partial charge on any atom is 0.403 e. The number of aromatic nitrogens is 3. The number of aliphatic carboxylic acids is 1. The molecule has 254 valence electrons. The van der Waals surface area contributed by atoms with Gasteiger partial charge in [-0.05, 0) is 82.1 Å². The molecule has 8 nitrogen and oxygen atoms in total. The molecule has 2 aromatic heterocycles. The van der Waals surface area contributed by atoms with Gasteiger partial charge >= 0.3 is 12.1 Å². The van der Waals surface area contributed by atoms with Gasteiger partial charge in [0, 0.05) is 60.3 Å². The van der Waals surface area contributed by atoms with Crippen LogP contribution in [0.1, 0.15) is 44.9 Å². The fraction of sp³-hybridized carbons (Fsp3) is 0.400. The Morgan fingerprint density at radius 3 is 2.27 bits per heavy atom. The third-order valence-corrected chi connectivity index (χ3v) is 10.1. The van der Waals surface area contributed by atoms with Gasteiger partial charge in [0.05, 0.1) is 21.3 Å². The van der Waals surface area contributed by atoms with Crippen LogP contribution in [0.4, 0.5) is 19.0 Å². The highest BCUT2D eigenvalue weighted by Crippen LogP contribution is 2.45. The Morgan fingerprint density at radius 2 is 1.67 bits per heavy atom. The van der Waals surface area contributed by atoms with Crippen LogP contribution in [0.2, 0.25) is 5.02 Å². The molecule has 3 heterocycles. The molecule has 0 radical (unpaired) electrons. The monoisotopic (exact) mass is 699 g/mol. The molecule has 1 N–H and O–H groups in total. The predicted molar refractivity (Wildman–Crippen MR) is 185 cm³/mol. The van der Waals surface area contributed by atoms with E-state index in [0.717, 1.165) is 54.2 Å². The van der Waals surface area contributed by atoms with Gasteiger partial charge in [0.15, 0.2) is 11.9 Å². The zero-order chi connectivity index (χ0) is 34.7. The van der Waals surface area contributed by atoms with Crippen LogP contribution in [0, 0.1) is 6.92 Å². The summed E-state index contributed by atoms with van der Waals surface area (Å²) in [5, 5.41) is 17.3. The van der Waals surface area contributed by atoms with Crippen LogP contribution in [0.3, 0.4) is 0 Å². The minimum atomic E-state index is -4.27. The summed E-state index contributed by atoms with van der Waals surface area (Å²) in [5.74, 6) is -0.367. The van der Waals surface area contributed by atoms with E-state index in [9.17, 15) is 23.1 Å². The Morgan fingerprint density at radius 1 is 1.02 bits per heavy atom. The number of halogens is 4. The number of fused-ring (bicyclic) bond motifs is 2. The number of carboxylic acid groups (broad SMARTS) is 1. The van der Waals surface area contributed by atoms with Crippen molar-refractivity contribution in [3.63, 3.8) is 0 Å². The molecule has 1 aliphatic heterocycles. The Labute approximate surface area is 285 Å². The maximum absolute atomic E-state index is 13.4. The number of nitrogens with zero attached hydrogens (tertiary/aromatic N) is 5. The van der Waals surface area contributed by atoms with Crippen molar-refractivity contribution in [3.05, 3.63) is 64.7 Å². The number of piperazine rings is 1. The normalized spacial score (nSPS) is 16.2. The van der Waals surface area contributed by atoms with Crippen LogP contribution in [0.15, 0.2) is 48.5 Å². The van der Waals surface area contributed by atoms with E-state index >= 15 is 0 Å². The van der Waals surface area contributed by atoms with Gasteiger partial charge in [0.2, 0.25) is 0 Å². The molecule has 1 saturated heterocycles. The van der Waals surface area contributed by atoms with Crippen molar-refractivity contribution in [2.24, 2.45) is 7.05 Å². The molecule has 5 aromatic rings. The molecule has 0 aliphatic carbocycles. The Hall–Kier alpha value is -3.71. The molecule has 0 unspecified atom stereocenters. The molecule has 0 amide bonds. The first-order valence-electron chi connectivity index (χ1n) is 15.7. The third kappa shape index (κ3) is 6.63. The SMILES string of the molecule is Cc1cc2nc(-c3ccc4c(c3)c(N3CCN([C@H](C)C(F)(F)F)CC3)nn4C)sc2c(-c2ccc(Cl)cc2)c1[C@H](OC(C)(C)C)C(=O)O. The smallest absolute Gasteiger partial charge is 0.403 e. The molecule has 3 aromatic carbocycles. The van der Waals surface area contributed by atoms with Crippen molar-refractivity contribution >= 4 is 55.8 Å². The molecule has 13 heteroatoms. The van der Waals surface area contributed by atoms with Gasteiger partial charge in [-0.3, -0.25) is 9.58 Å². The standard InChI is InChI=1S/C35H37ClF3N5O3S/c1-19-17-25-30(28(21-7-10-23(36)11-8-21)27(19)29(33(45)46)47-34(3,4)5)48-32(40-25)22-9-12-26-24(18-22)31(41-42(26)6)44-15-13-43(14-16-44)20(2)35(37,38)39/h7-12,17-18,20,29H,13-16H2,1-6H3,(H,45,46)/t20-,29+/m1/s1. The third-order valence-electron chi connectivity index (χ3n) is 8.73. The summed E-state index contributed by atoms with van der Waals surface area (Å²) in [7, 11) is 1.85. The summed E-state index contributed by atoms with van der Waals surface area (Å²) in [6.07, 6.45) is -5.49. The fourth-order valence-corrected chi connectivity index (χ4v) is 7.55. The lowest BCUT2D eigenvalue weighted by molar-refractivity contribution is -0.179. The Bertz CT molecular complexity index is 1990. The van der Waals surface area contributed by atoms with Gasteiger partial charge in [0.25, 0.3) is 0 Å². The number of alkyl halides is 3. The van der Waals surface area contributed by atoms with Gasteiger partial charge in [-0.2, -0.15) is 18.3 Å². The number of anilines is 1. The highest BCUT2D eigenvalue weighted by molar-refractivity contribution is 7.22. The zero-order valence-electron chi connectivity index (χ0n) is 27.5. The van der Waals surface area contributed by atoms with E-state index in [2.05, 4.69) is 0 Å². The maximum atomic E-state index is 13.4. The summed E-state index contributed by atoms with van der Waals surface area (Å²) in [6, 6.07) is 13.7. The fourth-order valence-electron chi connectivity index (χ4n) is 6.30. The summed E-state index contributed by atoms with van der Waals surface area (Å²) < 4.78 is 48.8. The second-order valence-electron chi connectivity index (χ2n) is 13.2. The van der Waals surface area contributed by atoms with Gasteiger partial charge < -0.3 is 14.7 Å². The van der Waals surface area contributed by atoms with Crippen LogP contribution >= 0.6 is 22.9 Å². The number of aryl methyl sites for hydroxylation is 2. The number of carboxylic acids is 1. The molecule has 1 fully saturated rings. The topological polar surface area (TPSA) is 83.7 Å². The average Bonchev–Trinajstić information content (AvgIpc) is 3.59. The van der Waals surface area contributed by atoms with E-state index in [4.69, 9.17) is 26.4 Å². The minimum absolute atomic E-state index is 0.279. The van der Waals surface area contributed by atoms with E-state index in [1.807, 2.05) is 76.0 Å². The highest BCUT2D eigenvalue weighted by Gasteiger charge is 2.41. The summed E-state index contributed by atoms with van der Waals surface area (Å²) >= 11 is 7.71. The van der Waals surface area contributed by atoms with Gasteiger partial charge in [-0.15, -0.1) is 11.3 Å². The van der Waals surface area contributed by atoms with Crippen molar-refractivity contribution < 1.29 is 27.8 Å². The first-order valence-corrected chi connectivity index (χ1v) is 16.8. The van der Waals surface area contributed by atoms with Crippen LogP contribution in [-0.4, -0.2) is 74.7 Å². The van der Waals surface area contributed by atoms with Crippen LogP contribution in [0.25, 0.3) is 42.8 Å². The molecular formula is C35H37ClF3N5O3S. The highest BCUT2D eigenvalue weighted by atomic mass is 35.5. The number of rotatable bonds is 7. The van der Waals surface area contributed by atoms with E-state index in [1.165, 1.54) is 23.2 Å². The van der Waals surface area contributed by atoms with Crippen LogP contribution < -0.4 is 4.90 Å². The summed E-state index contributed by atoms with van der Waals surface area (Å²) in [4.78, 5) is 21.2. The van der Waals surface area contributed by atoms with E-state index in [0.29, 0.717) is 23.7 Å². The lowest BCUT2D eigenvalue weighted by Crippen LogP contribution is -2.53. The lowest BCUT2D eigenvalue weighted by Gasteiger charge is -2.38. The first kappa shape index (κ1) is 34.2. The van der Waals surface area contributed by atoms with Gasteiger partial charge in [-0.25, -0.2) is 9.78 Å². The van der Waals surface area contributed by atoms with Crippen molar-refractivity contribution in [2.45, 2.75) is 58.5 Å². The molecule has 0 saturated carbocycles. The Balaban J connectivity index is 1.44. The lowest BCUT2D eigenvalue weighted by atomic mass is 9.91. The van der Waals surface area contributed by atoms with Crippen molar-refractivity contribution in [3.8, 4) is 21.7 Å². The van der Waals surface area contributed by atoms with E-state index in [1.54, 1.807) is 16.8 Å². The van der Waals surface area contributed by atoms with Crippen LogP contribution in [-0.2, 0) is 16.6 Å². The van der Waals surface area contributed by atoms with Gasteiger partial charge in [0.1, 0.15) is 11.0 Å². The van der Waals surface area contributed by atoms with Gasteiger partial charge in [-0.1, -0.05) is 23.7 Å². The summed E-state index contributed by atoms with van der Waals surface area (Å²) in [6.45, 7) is 9.97. The predicted octanol–water partition coefficient (Wildman–Crippen LogP) is 8.49. The molecule has 1 aliphatic rings. The van der Waals surface area contributed by atoms with Crippen molar-refractivity contribution in [1.82, 2.24) is 19.7 Å². The first-order chi connectivity index (χ1) is 22.5. The number of carbonyl (C=O) groups is 1. The van der Waals surface area contributed by atoms with E-state index in [-0.39, 0.29) is 13.1 Å². The largest absolute Gasteiger partial charge is 0.479 e. The molecule has 2 atom stereocenters.